The fourth-order valence-electron chi connectivity index (χ4n) is 5.45. The van der Waals surface area contributed by atoms with Gasteiger partial charge in [0.2, 0.25) is 5.89 Å². The predicted octanol–water partition coefficient (Wildman–Crippen LogP) is 10.1. The zero-order valence-electron chi connectivity index (χ0n) is 31.1. The van der Waals surface area contributed by atoms with Crippen LogP contribution in [0.3, 0.4) is 0 Å². The maximum Gasteiger partial charge on any atom is 0.409 e. The van der Waals surface area contributed by atoms with Crippen LogP contribution in [0.2, 0.25) is 0 Å². The Morgan fingerprint density at radius 1 is 0.724 bits per heavy atom. The second-order valence-corrected chi connectivity index (χ2v) is 12.8. The van der Waals surface area contributed by atoms with Crippen molar-refractivity contribution in [1.29, 1.82) is 0 Å². The second-order valence-electron chi connectivity index (χ2n) is 12.5. The molecule has 58 heavy (non-hydrogen) atoms. The lowest BCUT2D eigenvalue weighted by molar-refractivity contribution is -0.146. The molecule has 0 spiro atoms. The maximum absolute atomic E-state index is 12.8. The maximum atomic E-state index is 12.8. The second kappa shape index (κ2) is 21.5. The van der Waals surface area contributed by atoms with E-state index < -0.39 is 36.3 Å². The smallest absolute Gasteiger partial charge is 0.409 e. The Hall–Kier alpha value is -6.73. The van der Waals surface area contributed by atoms with E-state index in [1.807, 2.05) is 67.6 Å². The van der Waals surface area contributed by atoms with Crippen LogP contribution in [-0.2, 0) is 29.0 Å². The van der Waals surface area contributed by atoms with E-state index in [2.05, 4.69) is 9.72 Å². The number of aromatic nitrogens is 1. The Balaban J connectivity index is 0.000000296. The van der Waals surface area contributed by atoms with Crippen molar-refractivity contribution in [2.24, 2.45) is 5.92 Å². The summed E-state index contributed by atoms with van der Waals surface area (Å²) in [5, 5.41) is 9.34. The van der Waals surface area contributed by atoms with Gasteiger partial charge in [-0.1, -0.05) is 60.7 Å². The number of aliphatic carboxylic acids is 1. The number of aryl methyl sites for hydroxylation is 1. The first-order valence-corrected chi connectivity index (χ1v) is 18.2. The molecule has 1 unspecified atom stereocenters. The molecule has 11 nitrogen and oxygen atoms in total. The normalized spacial score (nSPS) is 11.1. The van der Waals surface area contributed by atoms with E-state index in [9.17, 15) is 28.3 Å². The van der Waals surface area contributed by atoms with Gasteiger partial charge in [-0.3, -0.25) is 9.59 Å². The number of rotatable bonds is 17. The lowest BCUT2D eigenvalue weighted by atomic mass is 9.96. The summed E-state index contributed by atoms with van der Waals surface area (Å²) in [5.74, 6) is -0.0129. The molecule has 6 rings (SSSR count). The quantitative estimate of drug-likeness (QED) is 0.0534. The molecule has 0 saturated heterocycles. The summed E-state index contributed by atoms with van der Waals surface area (Å²) >= 11 is 5.10. The summed E-state index contributed by atoms with van der Waals surface area (Å²) < 4.78 is 56.2. The van der Waals surface area contributed by atoms with E-state index in [4.69, 9.17) is 35.0 Å². The number of hydrogen-bond donors (Lipinski definition) is 1. The number of halogens is 3. The van der Waals surface area contributed by atoms with E-state index >= 15 is 0 Å². The monoisotopic (exact) mass is 813 g/mol. The van der Waals surface area contributed by atoms with Crippen LogP contribution in [0.15, 0.2) is 138 Å². The van der Waals surface area contributed by atoms with Gasteiger partial charge in [-0.25, -0.2) is 9.78 Å². The molecule has 0 saturated carbocycles. The largest absolute Gasteiger partial charge is 0.493 e. The molecule has 0 bridgehead atoms. The van der Waals surface area contributed by atoms with E-state index in [0.717, 1.165) is 16.8 Å². The fourth-order valence-corrected chi connectivity index (χ4v) is 5.54. The standard InChI is InChI=1S/C30H27F2NO7.C14H11ClO3/c1-19-26(33-28(38-19)21-7-3-2-4-8-21)14-15-37-25-9-5-6-20(17-25)16-22(18-27(34)35)29(36)39-23-10-12-24(13-11-23)40-30(31)32;15-14(16)18-13-8-6-12(7-9-13)17-10-11-4-2-1-3-5-11/h2-13,17,22,30H,14-16,18H2,1H3,(H,34,35);1-9H,10H2. The minimum Gasteiger partial charge on any atom is -0.493 e. The zero-order chi connectivity index (χ0) is 41.3. The van der Waals surface area contributed by atoms with Crippen LogP contribution in [-0.4, -0.2) is 40.7 Å². The minimum absolute atomic E-state index is 0.0812. The number of benzene rings is 5. The topological polar surface area (TPSA) is 144 Å². The highest BCUT2D eigenvalue weighted by Crippen LogP contribution is 2.25. The van der Waals surface area contributed by atoms with Gasteiger partial charge in [0, 0.05) is 23.6 Å². The highest BCUT2D eigenvalue weighted by atomic mass is 35.5. The van der Waals surface area contributed by atoms with Crippen LogP contribution in [0.1, 0.15) is 29.0 Å². The summed E-state index contributed by atoms with van der Waals surface area (Å²) in [6.45, 7) is -0.304. The van der Waals surface area contributed by atoms with Crippen molar-refractivity contribution >= 4 is 29.0 Å². The van der Waals surface area contributed by atoms with Crippen LogP contribution in [0, 0.1) is 12.8 Å². The highest BCUT2D eigenvalue weighted by Gasteiger charge is 2.25. The summed E-state index contributed by atoms with van der Waals surface area (Å²) in [6.07, 6.45) is 0.158. The van der Waals surface area contributed by atoms with Gasteiger partial charge >= 0.3 is 24.0 Å². The van der Waals surface area contributed by atoms with Crippen LogP contribution in [0.5, 0.6) is 28.7 Å². The highest BCUT2D eigenvalue weighted by molar-refractivity contribution is 6.61. The zero-order valence-corrected chi connectivity index (χ0v) is 31.9. The molecule has 1 aromatic heterocycles. The van der Waals surface area contributed by atoms with E-state index in [1.54, 1.807) is 48.5 Å². The average molecular weight is 814 g/mol. The van der Waals surface area contributed by atoms with Crippen molar-refractivity contribution in [3.05, 3.63) is 156 Å². The Bertz CT molecular complexity index is 2220. The van der Waals surface area contributed by atoms with Gasteiger partial charge in [0.1, 0.15) is 41.1 Å². The third-order valence-electron chi connectivity index (χ3n) is 8.19. The number of carbonyl (C=O) groups excluding carboxylic acids is 2. The van der Waals surface area contributed by atoms with Gasteiger partial charge in [0.15, 0.2) is 0 Å². The van der Waals surface area contributed by atoms with Crippen molar-refractivity contribution in [3.63, 3.8) is 0 Å². The molecular formula is C44H38ClF2NO10. The molecule has 1 heterocycles. The van der Waals surface area contributed by atoms with Crippen molar-refractivity contribution in [3.8, 4) is 40.2 Å². The molecule has 0 aliphatic carbocycles. The number of carboxylic acids is 1. The van der Waals surface area contributed by atoms with Crippen molar-refractivity contribution in [1.82, 2.24) is 4.98 Å². The lowest BCUT2D eigenvalue weighted by Gasteiger charge is -2.15. The first-order chi connectivity index (χ1) is 28.0. The van der Waals surface area contributed by atoms with Crippen LogP contribution in [0.25, 0.3) is 11.5 Å². The molecule has 0 radical (unpaired) electrons. The molecule has 0 fully saturated rings. The first-order valence-electron chi connectivity index (χ1n) is 17.9. The third kappa shape index (κ3) is 14.1. The molecule has 300 valence electrons. The first kappa shape index (κ1) is 42.4. The molecule has 6 aromatic rings. The summed E-state index contributed by atoms with van der Waals surface area (Å²) in [6, 6.07) is 38.2. The number of carbonyl (C=O) groups is 3. The SMILES string of the molecule is Cc1oc(-c2ccccc2)nc1CCOc1cccc(CC(CC(=O)O)C(=O)Oc2ccc(OC(F)F)cc2)c1.O=C(Cl)Oc1ccc(OCc2ccccc2)cc1. The molecule has 1 atom stereocenters. The molecule has 5 aromatic carbocycles. The van der Waals surface area contributed by atoms with Crippen LogP contribution in [0.4, 0.5) is 13.6 Å². The van der Waals surface area contributed by atoms with Gasteiger partial charge in [0.25, 0.3) is 0 Å². The van der Waals surface area contributed by atoms with Crippen LogP contribution < -0.4 is 23.7 Å². The van der Waals surface area contributed by atoms with Crippen LogP contribution >= 0.6 is 11.6 Å². The van der Waals surface area contributed by atoms with Gasteiger partial charge < -0.3 is 33.2 Å². The van der Waals surface area contributed by atoms with Gasteiger partial charge in [-0.2, -0.15) is 8.78 Å². The molecule has 0 amide bonds. The predicted molar refractivity (Wildman–Crippen MR) is 210 cm³/mol. The van der Waals surface area contributed by atoms with Gasteiger partial charge in [0.05, 0.1) is 24.6 Å². The van der Waals surface area contributed by atoms with Crippen molar-refractivity contribution in [2.45, 2.75) is 39.4 Å². The summed E-state index contributed by atoms with van der Waals surface area (Å²) in [4.78, 5) is 39.3. The third-order valence-corrected chi connectivity index (χ3v) is 8.27. The molecule has 0 aliphatic rings. The van der Waals surface area contributed by atoms with E-state index in [0.29, 0.717) is 54.1 Å². The fraction of sp³-hybridized carbons (Fsp3) is 0.182. The number of ether oxygens (including phenoxy) is 5. The number of nitrogens with zero attached hydrogens (tertiary/aromatic N) is 1. The number of oxazole rings is 1. The minimum atomic E-state index is -2.98. The lowest BCUT2D eigenvalue weighted by Crippen LogP contribution is -2.25. The summed E-state index contributed by atoms with van der Waals surface area (Å²) in [5.41, 5.74) is 2.60. The van der Waals surface area contributed by atoms with Gasteiger partial charge in [-0.15, -0.1) is 0 Å². The number of alkyl halides is 2. The van der Waals surface area contributed by atoms with Crippen molar-refractivity contribution < 1.29 is 56.4 Å². The Labute approximate surface area is 337 Å². The molecule has 1 N–H and O–H groups in total. The molecule has 14 heteroatoms. The van der Waals surface area contributed by atoms with E-state index in [1.165, 1.54) is 24.3 Å². The average Bonchev–Trinajstić information content (AvgIpc) is 3.58. The molecular weight excluding hydrogens is 776 g/mol. The summed E-state index contributed by atoms with van der Waals surface area (Å²) in [7, 11) is 0. The Morgan fingerprint density at radius 2 is 1.33 bits per heavy atom. The number of hydrogen-bond acceptors (Lipinski definition) is 10. The number of carboxylic acid groups (broad SMARTS) is 1. The van der Waals surface area contributed by atoms with E-state index in [-0.39, 0.29) is 17.9 Å². The number of esters is 1. The van der Waals surface area contributed by atoms with Crippen molar-refractivity contribution in [2.75, 3.05) is 6.61 Å². The Kier molecular flexibility index (Phi) is 15.8. The molecule has 0 aliphatic heterocycles. The Morgan fingerprint density at radius 3 is 1.97 bits per heavy atom. The van der Waals surface area contributed by atoms with Gasteiger partial charge in [-0.05, 0) is 97.3 Å².